The maximum absolute atomic E-state index is 12.5. The van der Waals surface area contributed by atoms with Crippen molar-refractivity contribution in [1.29, 1.82) is 0 Å². The van der Waals surface area contributed by atoms with Gasteiger partial charge in [-0.25, -0.2) is 0 Å². The molecule has 0 spiro atoms. The number of benzene rings is 2. The number of halogens is 2. The average molecular weight is 393 g/mol. The Morgan fingerprint density at radius 3 is 2.81 bits per heavy atom. The van der Waals surface area contributed by atoms with E-state index in [2.05, 4.69) is 5.32 Å². The van der Waals surface area contributed by atoms with Crippen LogP contribution in [0.3, 0.4) is 0 Å². The predicted octanol–water partition coefficient (Wildman–Crippen LogP) is 3.67. The molecule has 0 unspecified atom stereocenters. The monoisotopic (exact) mass is 392 g/mol. The Labute approximate surface area is 161 Å². The first-order chi connectivity index (χ1) is 12.5. The van der Waals surface area contributed by atoms with Gasteiger partial charge in [0.15, 0.2) is 0 Å². The van der Waals surface area contributed by atoms with Crippen molar-refractivity contribution in [3.8, 4) is 5.75 Å². The first kappa shape index (κ1) is 18.5. The molecule has 1 aliphatic rings. The number of carbonyl (C=O) groups excluding carboxylic acids is 2. The number of rotatable bonds is 5. The number of ether oxygens (including phenoxy) is 1. The first-order valence-corrected chi connectivity index (χ1v) is 8.90. The van der Waals surface area contributed by atoms with Crippen molar-refractivity contribution < 1.29 is 14.3 Å². The van der Waals surface area contributed by atoms with Gasteiger partial charge in [-0.15, -0.1) is 0 Å². The fourth-order valence-electron chi connectivity index (χ4n) is 2.93. The van der Waals surface area contributed by atoms with Crippen molar-refractivity contribution in [3.63, 3.8) is 0 Å². The summed E-state index contributed by atoms with van der Waals surface area (Å²) in [5, 5.41) is 3.58. The smallest absolute Gasteiger partial charge is 0.227 e. The molecule has 0 radical (unpaired) electrons. The van der Waals surface area contributed by atoms with Gasteiger partial charge in [-0.1, -0.05) is 41.4 Å². The van der Waals surface area contributed by atoms with E-state index in [-0.39, 0.29) is 24.8 Å². The van der Waals surface area contributed by atoms with Crippen LogP contribution in [0.15, 0.2) is 42.5 Å². The van der Waals surface area contributed by atoms with Crippen molar-refractivity contribution in [1.82, 2.24) is 5.32 Å². The Morgan fingerprint density at radius 1 is 1.27 bits per heavy atom. The first-order valence-electron chi connectivity index (χ1n) is 8.14. The van der Waals surface area contributed by atoms with Crippen LogP contribution in [-0.2, 0) is 16.1 Å². The summed E-state index contributed by atoms with van der Waals surface area (Å²) in [7, 11) is 1.59. The molecule has 1 N–H and O–H groups in total. The lowest BCUT2D eigenvalue weighted by Crippen LogP contribution is -2.32. The molecule has 5 nitrogen and oxygen atoms in total. The summed E-state index contributed by atoms with van der Waals surface area (Å²) in [5.74, 6) is -0.00441. The van der Waals surface area contributed by atoms with Gasteiger partial charge in [0.2, 0.25) is 11.8 Å². The summed E-state index contributed by atoms with van der Waals surface area (Å²) < 4.78 is 5.17. The van der Waals surface area contributed by atoms with Crippen molar-refractivity contribution in [3.05, 3.63) is 58.1 Å². The van der Waals surface area contributed by atoms with Crippen molar-refractivity contribution in [2.75, 3.05) is 18.6 Å². The number of carbonyl (C=O) groups is 2. The van der Waals surface area contributed by atoms with Crippen molar-refractivity contribution >= 4 is 40.7 Å². The minimum Gasteiger partial charge on any atom is -0.497 e. The Morgan fingerprint density at radius 2 is 2.04 bits per heavy atom. The van der Waals surface area contributed by atoms with Gasteiger partial charge >= 0.3 is 0 Å². The number of anilines is 1. The Kier molecular flexibility index (Phi) is 5.69. The van der Waals surface area contributed by atoms with Gasteiger partial charge in [-0.2, -0.15) is 0 Å². The van der Waals surface area contributed by atoms with E-state index in [9.17, 15) is 9.59 Å². The van der Waals surface area contributed by atoms with E-state index in [1.165, 1.54) is 4.90 Å². The molecule has 2 aromatic carbocycles. The van der Waals surface area contributed by atoms with E-state index < -0.39 is 5.92 Å². The predicted molar refractivity (Wildman–Crippen MR) is 102 cm³/mol. The van der Waals surface area contributed by atoms with Gasteiger partial charge in [0.1, 0.15) is 5.75 Å². The molecule has 3 rings (SSSR count). The molecule has 2 amide bonds. The highest BCUT2D eigenvalue weighted by molar-refractivity contribution is 6.44. The Bertz CT molecular complexity index is 841. The van der Waals surface area contributed by atoms with E-state index in [4.69, 9.17) is 27.9 Å². The molecule has 1 saturated heterocycles. The van der Waals surface area contributed by atoms with E-state index in [0.717, 1.165) is 11.3 Å². The van der Waals surface area contributed by atoms with Gasteiger partial charge in [0.05, 0.1) is 28.8 Å². The molecular formula is C19H18Cl2N2O3. The number of methoxy groups -OCH3 is 1. The molecule has 0 aliphatic carbocycles. The number of nitrogens with zero attached hydrogens (tertiary/aromatic N) is 1. The standard InChI is InChI=1S/C19H18Cl2N2O3/c1-26-14-5-2-4-12(8-14)10-22-19(25)13-9-17(24)23(11-13)16-7-3-6-15(20)18(16)21/h2-8,13H,9-11H2,1H3,(H,22,25)/t13-/m1/s1. The van der Waals surface area contributed by atoms with Crippen LogP contribution in [0.25, 0.3) is 0 Å². The number of amides is 2. The Balaban J connectivity index is 1.64. The van der Waals surface area contributed by atoms with E-state index in [1.807, 2.05) is 24.3 Å². The van der Waals surface area contributed by atoms with Gasteiger partial charge in [0, 0.05) is 19.5 Å². The highest BCUT2D eigenvalue weighted by atomic mass is 35.5. The average Bonchev–Trinajstić information content (AvgIpc) is 3.04. The van der Waals surface area contributed by atoms with Crippen molar-refractivity contribution in [2.45, 2.75) is 13.0 Å². The lowest BCUT2D eigenvalue weighted by Gasteiger charge is -2.18. The third-order valence-corrected chi connectivity index (χ3v) is 5.13. The topological polar surface area (TPSA) is 58.6 Å². The molecular weight excluding hydrogens is 375 g/mol. The maximum atomic E-state index is 12.5. The van der Waals surface area contributed by atoms with Crippen LogP contribution < -0.4 is 15.0 Å². The SMILES string of the molecule is COc1cccc(CNC(=O)[C@@H]2CC(=O)N(c3cccc(Cl)c3Cl)C2)c1. The summed E-state index contributed by atoms with van der Waals surface area (Å²) in [6.45, 7) is 0.654. The molecule has 1 atom stereocenters. The third-order valence-electron chi connectivity index (χ3n) is 4.32. The second-order valence-electron chi connectivity index (χ2n) is 6.05. The molecule has 1 aliphatic heterocycles. The molecule has 0 saturated carbocycles. The number of hydrogen-bond acceptors (Lipinski definition) is 3. The lowest BCUT2D eigenvalue weighted by molar-refractivity contribution is -0.126. The fraction of sp³-hybridized carbons (Fsp3) is 0.263. The highest BCUT2D eigenvalue weighted by Crippen LogP contribution is 2.35. The van der Waals surface area contributed by atoms with Crippen LogP contribution in [0, 0.1) is 5.92 Å². The molecule has 26 heavy (non-hydrogen) atoms. The minimum absolute atomic E-state index is 0.143. The Hall–Kier alpha value is -2.24. The maximum Gasteiger partial charge on any atom is 0.227 e. The highest BCUT2D eigenvalue weighted by Gasteiger charge is 2.36. The molecule has 0 aromatic heterocycles. The van der Waals surface area contributed by atoms with Crippen LogP contribution in [0.4, 0.5) is 5.69 Å². The molecule has 7 heteroatoms. The van der Waals surface area contributed by atoms with E-state index >= 15 is 0 Å². The van der Waals surface area contributed by atoms with E-state index in [1.54, 1.807) is 25.3 Å². The zero-order chi connectivity index (χ0) is 18.7. The normalized spacial score (nSPS) is 16.7. The van der Waals surface area contributed by atoms with Crippen LogP contribution in [0.1, 0.15) is 12.0 Å². The molecule has 2 aromatic rings. The van der Waals surface area contributed by atoms with Gasteiger partial charge in [0.25, 0.3) is 0 Å². The second-order valence-corrected chi connectivity index (χ2v) is 6.83. The second kappa shape index (κ2) is 7.98. The fourth-order valence-corrected chi connectivity index (χ4v) is 3.33. The molecule has 136 valence electrons. The van der Waals surface area contributed by atoms with Crippen LogP contribution in [0.5, 0.6) is 5.75 Å². The summed E-state index contributed by atoms with van der Waals surface area (Å²) in [6.07, 6.45) is 0.146. The van der Waals surface area contributed by atoms with Crippen LogP contribution in [0.2, 0.25) is 10.0 Å². The number of nitrogens with one attached hydrogen (secondary N) is 1. The number of hydrogen-bond donors (Lipinski definition) is 1. The zero-order valence-corrected chi connectivity index (χ0v) is 15.7. The van der Waals surface area contributed by atoms with Crippen LogP contribution in [-0.4, -0.2) is 25.5 Å². The van der Waals surface area contributed by atoms with Gasteiger partial charge in [-0.3, -0.25) is 9.59 Å². The molecule has 1 fully saturated rings. The summed E-state index contributed by atoms with van der Waals surface area (Å²) in [4.78, 5) is 26.3. The summed E-state index contributed by atoms with van der Waals surface area (Å²) in [5.41, 5.74) is 1.46. The molecule has 1 heterocycles. The van der Waals surface area contributed by atoms with E-state index in [0.29, 0.717) is 22.3 Å². The summed E-state index contributed by atoms with van der Waals surface area (Å²) >= 11 is 12.2. The third kappa shape index (κ3) is 3.94. The molecule has 0 bridgehead atoms. The lowest BCUT2D eigenvalue weighted by atomic mass is 10.1. The zero-order valence-electron chi connectivity index (χ0n) is 14.2. The van der Waals surface area contributed by atoms with Crippen molar-refractivity contribution in [2.24, 2.45) is 5.92 Å². The minimum atomic E-state index is -0.428. The summed E-state index contributed by atoms with van der Waals surface area (Å²) in [6, 6.07) is 12.6. The van der Waals surface area contributed by atoms with Gasteiger partial charge in [-0.05, 0) is 29.8 Å². The van der Waals surface area contributed by atoms with Crippen LogP contribution >= 0.6 is 23.2 Å². The quantitative estimate of drug-likeness (QED) is 0.844. The van der Waals surface area contributed by atoms with Gasteiger partial charge < -0.3 is 15.0 Å². The largest absolute Gasteiger partial charge is 0.497 e.